The van der Waals surface area contributed by atoms with Gasteiger partial charge >= 0.3 is 0 Å². The van der Waals surface area contributed by atoms with Crippen molar-refractivity contribution in [3.05, 3.63) is 24.3 Å². The zero-order valence-corrected chi connectivity index (χ0v) is 18.2. The van der Waals surface area contributed by atoms with Crippen molar-refractivity contribution in [2.45, 2.75) is 43.9 Å². The average Bonchev–Trinajstić information content (AvgIpc) is 3.35. The van der Waals surface area contributed by atoms with Gasteiger partial charge in [-0.15, -0.1) is 0 Å². The van der Waals surface area contributed by atoms with Gasteiger partial charge in [-0.3, -0.25) is 4.79 Å². The van der Waals surface area contributed by atoms with Crippen LogP contribution in [0.15, 0.2) is 29.2 Å². The lowest BCUT2D eigenvalue weighted by molar-refractivity contribution is -0.127. The van der Waals surface area contributed by atoms with E-state index in [9.17, 15) is 13.2 Å². The molecule has 162 valence electrons. The van der Waals surface area contributed by atoms with E-state index >= 15 is 0 Å². The molecule has 1 heterocycles. The lowest BCUT2D eigenvalue weighted by Gasteiger charge is -2.29. The van der Waals surface area contributed by atoms with Gasteiger partial charge in [0.2, 0.25) is 15.9 Å². The average molecular weight is 425 g/mol. The highest BCUT2D eigenvalue weighted by atomic mass is 32.2. The van der Waals surface area contributed by atoms with E-state index in [1.807, 2.05) is 6.92 Å². The quantitative estimate of drug-likeness (QED) is 0.616. The Labute approximate surface area is 173 Å². The highest BCUT2D eigenvalue weighted by Crippen LogP contribution is 2.50. The minimum Gasteiger partial charge on any atom is -0.494 e. The molecule has 1 N–H and O–H groups in total. The van der Waals surface area contributed by atoms with E-state index in [0.717, 1.165) is 32.1 Å². The molecule has 3 rings (SSSR count). The third kappa shape index (κ3) is 4.75. The number of carbonyl (C=O) groups is 1. The van der Waals surface area contributed by atoms with Crippen LogP contribution in [0.25, 0.3) is 0 Å². The van der Waals surface area contributed by atoms with Gasteiger partial charge in [-0.2, -0.15) is 4.31 Å². The molecule has 7 nitrogen and oxygen atoms in total. The van der Waals surface area contributed by atoms with Crippen molar-refractivity contribution in [3.63, 3.8) is 0 Å². The van der Waals surface area contributed by atoms with Gasteiger partial charge in [-0.1, -0.05) is 19.8 Å². The van der Waals surface area contributed by atoms with E-state index in [1.165, 1.54) is 4.31 Å². The number of ether oxygens (including phenoxy) is 2. The Morgan fingerprint density at radius 1 is 1.21 bits per heavy atom. The van der Waals surface area contributed by atoms with Crippen LogP contribution in [-0.4, -0.2) is 58.6 Å². The highest BCUT2D eigenvalue weighted by molar-refractivity contribution is 7.89. The van der Waals surface area contributed by atoms with Crippen LogP contribution in [-0.2, 0) is 19.6 Å². The van der Waals surface area contributed by atoms with E-state index in [2.05, 4.69) is 5.32 Å². The molecule has 1 saturated carbocycles. The van der Waals surface area contributed by atoms with Gasteiger partial charge in [0, 0.05) is 26.7 Å². The number of rotatable bonds is 9. The topological polar surface area (TPSA) is 84.9 Å². The first kappa shape index (κ1) is 22.1. The summed E-state index contributed by atoms with van der Waals surface area (Å²) < 4.78 is 38.6. The predicted molar refractivity (Wildman–Crippen MR) is 110 cm³/mol. The van der Waals surface area contributed by atoms with Crippen LogP contribution in [0.1, 0.15) is 39.0 Å². The number of methoxy groups -OCH3 is 1. The number of hydrogen-bond donors (Lipinski definition) is 1. The van der Waals surface area contributed by atoms with Crippen molar-refractivity contribution in [1.29, 1.82) is 0 Å². The first-order valence-electron chi connectivity index (χ1n) is 10.4. The molecule has 1 aliphatic carbocycles. The lowest BCUT2D eigenvalue weighted by Crippen LogP contribution is -2.41. The predicted octanol–water partition coefficient (Wildman–Crippen LogP) is 2.42. The van der Waals surface area contributed by atoms with E-state index < -0.39 is 10.0 Å². The molecule has 2 aliphatic rings. The maximum Gasteiger partial charge on any atom is 0.243 e. The minimum atomic E-state index is -3.66. The van der Waals surface area contributed by atoms with E-state index in [1.54, 1.807) is 31.4 Å². The van der Waals surface area contributed by atoms with Crippen LogP contribution in [0, 0.1) is 11.3 Å². The fraction of sp³-hybridized carbons (Fsp3) is 0.667. The van der Waals surface area contributed by atoms with Crippen molar-refractivity contribution in [1.82, 2.24) is 9.62 Å². The molecule has 1 amide bonds. The molecule has 0 bridgehead atoms. The fourth-order valence-electron chi connectivity index (χ4n) is 4.53. The standard InChI is InChI=1S/C21H32N2O5S/c1-3-13-28-17-6-8-18(9-7-17)29(25,26)23-15-19(20(24)22-12-14-27-2)21(16-23)10-4-5-11-21/h6-9,19H,3-5,10-16H2,1-2H3,(H,22,24). The molecule has 1 aromatic carbocycles. The van der Waals surface area contributed by atoms with Gasteiger partial charge in [0.25, 0.3) is 0 Å². The summed E-state index contributed by atoms with van der Waals surface area (Å²) in [5.41, 5.74) is -0.256. The molecule has 1 saturated heterocycles. The second-order valence-corrected chi connectivity index (χ2v) is 9.96. The molecule has 29 heavy (non-hydrogen) atoms. The number of nitrogens with zero attached hydrogens (tertiary/aromatic N) is 1. The van der Waals surface area contributed by atoms with Gasteiger partial charge in [0.1, 0.15) is 5.75 Å². The number of sulfonamides is 1. The number of benzene rings is 1. The summed E-state index contributed by atoms with van der Waals surface area (Å²) in [5, 5.41) is 2.91. The van der Waals surface area contributed by atoms with Crippen molar-refractivity contribution in [2.24, 2.45) is 11.3 Å². The number of nitrogens with one attached hydrogen (secondary N) is 1. The zero-order valence-electron chi connectivity index (χ0n) is 17.4. The molecule has 8 heteroatoms. The monoisotopic (exact) mass is 424 g/mol. The minimum absolute atomic E-state index is 0.0648. The maximum absolute atomic E-state index is 13.3. The van der Waals surface area contributed by atoms with Gasteiger partial charge in [-0.25, -0.2) is 8.42 Å². The SMILES string of the molecule is CCCOc1ccc(S(=O)(=O)N2CC(C(=O)NCCOC)C3(CCCC3)C2)cc1. The van der Waals surface area contributed by atoms with Crippen molar-refractivity contribution >= 4 is 15.9 Å². The summed E-state index contributed by atoms with van der Waals surface area (Å²) in [6.45, 7) is 4.14. The van der Waals surface area contributed by atoms with Crippen molar-refractivity contribution in [3.8, 4) is 5.75 Å². The molecular weight excluding hydrogens is 392 g/mol. The highest BCUT2D eigenvalue weighted by Gasteiger charge is 2.53. The Morgan fingerprint density at radius 3 is 2.52 bits per heavy atom. The summed E-state index contributed by atoms with van der Waals surface area (Å²) in [4.78, 5) is 13.1. The first-order valence-corrected chi connectivity index (χ1v) is 11.9. The summed E-state index contributed by atoms with van der Waals surface area (Å²) in [7, 11) is -2.07. The molecule has 1 unspecified atom stereocenters. The van der Waals surface area contributed by atoms with Crippen LogP contribution in [0.3, 0.4) is 0 Å². The number of hydrogen-bond acceptors (Lipinski definition) is 5. The molecule has 0 radical (unpaired) electrons. The summed E-state index contributed by atoms with van der Waals surface area (Å²) in [6.07, 6.45) is 4.76. The van der Waals surface area contributed by atoms with Gasteiger partial charge in [-0.05, 0) is 48.9 Å². The van der Waals surface area contributed by atoms with Gasteiger partial charge in [0.15, 0.2) is 0 Å². The van der Waals surface area contributed by atoms with E-state index in [4.69, 9.17) is 9.47 Å². The Hall–Kier alpha value is -1.64. The summed E-state index contributed by atoms with van der Waals surface area (Å²) >= 11 is 0. The second-order valence-electron chi connectivity index (χ2n) is 8.02. The maximum atomic E-state index is 13.3. The zero-order chi connectivity index (χ0) is 20.9. The third-order valence-corrected chi connectivity index (χ3v) is 7.90. The lowest BCUT2D eigenvalue weighted by atomic mass is 9.76. The number of amides is 1. The molecular formula is C21H32N2O5S. The van der Waals surface area contributed by atoms with Crippen molar-refractivity contribution < 1.29 is 22.7 Å². The molecule has 1 aliphatic heterocycles. The van der Waals surface area contributed by atoms with Gasteiger partial charge < -0.3 is 14.8 Å². The number of carbonyl (C=O) groups excluding carboxylic acids is 1. The molecule has 1 spiro atoms. The second kappa shape index (κ2) is 9.45. The Balaban J connectivity index is 1.76. The van der Waals surface area contributed by atoms with Crippen LogP contribution in [0.4, 0.5) is 0 Å². The third-order valence-electron chi connectivity index (χ3n) is 6.07. The van der Waals surface area contributed by atoms with E-state index in [-0.39, 0.29) is 28.7 Å². The van der Waals surface area contributed by atoms with Crippen LogP contribution in [0.5, 0.6) is 5.75 Å². The summed E-state index contributed by atoms with van der Waals surface area (Å²) in [6, 6.07) is 6.57. The van der Waals surface area contributed by atoms with E-state index in [0.29, 0.717) is 32.1 Å². The van der Waals surface area contributed by atoms with Gasteiger partial charge in [0.05, 0.1) is 24.0 Å². The fourth-order valence-corrected chi connectivity index (χ4v) is 6.08. The Kier molecular flexibility index (Phi) is 7.19. The van der Waals surface area contributed by atoms with Crippen molar-refractivity contribution in [2.75, 3.05) is 40.0 Å². The van der Waals surface area contributed by atoms with Crippen LogP contribution < -0.4 is 10.1 Å². The molecule has 1 aromatic rings. The molecule has 2 fully saturated rings. The molecule has 1 atom stereocenters. The molecule has 0 aromatic heterocycles. The summed E-state index contributed by atoms with van der Waals surface area (Å²) in [5.74, 6) is 0.281. The smallest absolute Gasteiger partial charge is 0.243 e. The largest absolute Gasteiger partial charge is 0.494 e. The Morgan fingerprint density at radius 2 is 1.90 bits per heavy atom. The normalized spacial score (nSPS) is 21.5. The Bertz CT molecular complexity index is 788. The first-order chi connectivity index (χ1) is 13.9. The van der Waals surface area contributed by atoms with Crippen LogP contribution in [0.2, 0.25) is 0 Å². The van der Waals surface area contributed by atoms with Crippen LogP contribution >= 0.6 is 0 Å².